The van der Waals surface area contributed by atoms with E-state index >= 15 is 0 Å². The predicted octanol–water partition coefficient (Wildman–Crippen LogP) is 1.57. The van der Waals surface area contributed by atoms with E-state index in [9.17, 15) is 9.90 Å². The summed E-state index contributed by atoms with van der Waals surface area (Å²) in [6.45, 7) is 5.34. The third kappa shape index (κ3) is 4.13. The smallest absolute Gasteiger partial charge is 0.333 e. The molecule has 0 amide bonds. The number of unbranched alkanes of at least 4 members (excludes halogenated alkanes) is 2. The fourth-order valence-corrected chi connectivity index (χ4v) is 0.904. The van der Waals surface area contributed by atoms with Gasteiger partial charge in [0.25, 0.3) is 0 Å². The molecule has 3 nitrogen and oxygen atoms in total. The first-order chi connectivity index (χ1) is 5.59. The number of carbonyl (C=O) groups is 1. The van der Waals surface area contributed by atoms with Crippen molar-refractivity contribution >= 4 is 5.97 Å². The number of carboxylic acid groups (broad SMARTS) is 1. The molecule has 0 aliphatic heterocycles. The Labute approximate surface area is 72.7 Å². The first-order valence-corrected chi connectivity index (χ1v) is 4.19. The lowest BCUT2D eigenvalue weighted by molar-refractivity contribution is -0.133. The number of rotatable bonds is 6. The first-order valence-electron chi connectivity index (χ1n) is 4.19. The number of aliphatic hydroxyl groups is 1. The van der Waals surface area contributed by atoms with Gasteiger partial charge in [-0.2, -0.15) is 0 Å². The van der Waals surface area contributed by atoms with E-state index in [-0.39, 0.29) is 5.57 Å². The van der Waals surface area contributed by atoms with E-state index < -0.39 is 12.1 Å². The van der Waals surface area contributed by atoms with E-state index in [1.165, 1.54) is 0 Å². The van der Waals surface area contributed by atoms with Gasteiger partial charge in [-0.05, 0) is 6.42 Å². The summed E-state index contributed by atoms with van der Waals surface area (Å²) in [4.78, 5) is 10.3. The quantitative estimate of drug-likeness (QED) is 0.472. The van der Waals surface area contributed by atoms with Crippen LogP contribution < -0.4 is 0 Å². The number of aliphatic carboxylic acids is 1. The molecule has 0 aliphatic rings. The Morgan fingerprint density at radius 3 is 2.50 bits per heavy atom. The van der Waals surface area contributed by atoms with E-state index in [1.807, 2.05) is 0 Å². The van der Waals surface area contributed by atoms with Crippen molar-refractivity contribution in [3.63, 3.8) is 0 Å². The number of carboxylic acids is 1. The fourth-order valence-electron chi connectivity index (χ4n) is 0.904. The monoisotopic (exact) mass is 172 g/mol. The van der Waals surface area contributed by atoms with Gasteiger partial charge in [0.1, 0.15) is 0 Å². The van der Waals surface area contributed by atoms with Crippen LogP contribution >= 0.6 is 0 Å². The molecular formula is C9H16O3. The van der Waals surface area contributed by atoms with Crippen LogP contribution in [0.25, 0.3) is 0 Å². The van der Waals surface area contributed by atoms with Crippen LogP contribution in [0.5, 0.6) is 0 Å². The lowest BCUT2D eigenvalue weighted by Crippen LogP contribution is -2.16. The average molecular weight is 172 g/mol. The Bertz CT molecular complexity index is 163. The SMILES string of the molecule is C=C(C(=O)O)C(O)CCCCC. The van der Waals surface area contributed by atoms with E-state index in [1.54, 1.807) is 0 Å². The second-order valence-electron chi connectivity index (χ2n) is 2.84. The fraction of sp³-hybridized carbons (Fsp3) is 0.667. The molecule has 0 spiro atoms. The summed E-state index contributed by atoms with van der Waals surface area (Å²) in [6, 6.07) is 0. The molecule has 1 unspecified atom stereocenters. The van der Waals surface area contributed by atoms with E-state index in [2.05, 4.69) is 13.5 Å². The minimum absolute atomic E-state index is 0.105. The highest BCUT2D eigenvalue weighted by molar-refractivity contribution is 5.86. The lowest BCUT2D eigenvalue weighted by Gasteiger charge is -2.08. The van der Waals surface area contributed by atoms with Gasteiger partial charge in [0.2, 0.25) is 0 Å². The highest BCUT2D eigenvalue weighted by Crippen LogP contribution is 2.09. The highest BCUT2D eigenvalue weighted by atomic mass is 16.4. The van der Waals surface area contributed by atoms with Gasteiger partial charge in [-0.3, -0.25) is 0 Å². The van der Waals surface area contributed by atoms with Crippen LogP contribution in [-0.4, -0.2) is 22.3 Å². The average Bonchev–Trinajstić information content (AvgIpc) is 2.03. The molecule has 0 aromatic rings. The summed E-state index contributed by atoms with van der Waals surface area (Å²) in [5.41, 5.74) is -0.105. The number of hydrogen-bond donors (Lipinski definition) is 2. The zero-order valence-electron chi connectivity index (χ0n) is 7.42. The van der Waals surface area contributed by atoms with Crippen LogP contribution in [0.2, 0.25) is 0 Å². The van der Waals surface area contributed by atoms with E-state index in [4.69, 9.17) is 5.11 Å². The molecule has 12 heavy (non-hydrogen) atoms. The van der Waals surface area contributed by atoms with Crippen molar-refractivity contribution in [1.82, 2.24) is 0 Å². The summed E-state index contributed by atoms with van der Waals surface area (Å²) in [6.07, 6.45) is 2.55. The van der Waals surface area contributed by atoms with Gasteiger partial charge in [-0.15, -0.1) is 0 Å². The van der Waals surface area contributed by atoms with Crippen molar-refractivity contribution in [2.24, 2.45) is 0 Å². The van der Waals surface area contributed by atoms with Crippen molar-refractivity contribution in [2.45, 2.75) is 38.7 Å². The van der Waals surface area contributed by atoms with Crippen LogP contribution in [0, 0.1) is 0 Å². The third-order valence-corrected chi connectivity index (χ3v) is 1.76. The van der Waals surface area contributed by atoms with Crippen LogP contribution in [0.1, 0.15) is 32.6 Å². The van der Waals surface area contributed by atoms with Gasteiger partial charge < -0.3 is 10.2 Å². The van der Waals surface area contributed by atoms with Crippen molar-refractivity contribution in [3.05, 3.63) is 12.2 Å². The Kier molecular flexibility index (Phi) is 5.37. The summed E-state index contributed by atoms with van der Waals surface area (Å²) in [7, 11) is 0. The Morgan fingerprint density at radius 2 is 2.08 bits per heavy atom. The molecule has 0 aromatic carbocycles. The number of aliphatic hydroxyl groups excluding tert-OH is 1. The second-order valence-corrected chi connectivity index (χ2v) is 2.84. The first kappa shape index (κ1) is 11.2. The zero-order valence-corrected chi connectivity index (χ0v) is 7.42. The molecule has 0 aromatic heterocycles. The summed E-state index contributed by atoms with van der Waals surface area (Å²) < 4.78 is 0. The molecule has 0 rings (SSSR count). The van der Waals surface area contributed by atoms with Gasteiger partial charge in [0.05, 0.1) is 11.7 Å². The summed E-state index contributed by atoms with van der Waals surface area (Å²) >= 11 is 0. The highest BCUT2D eigenvalue weighted by Gasteiger charge is 2.14. The molecule has 3 heteroatoms. The Hall–Kier alpha value is -0.830. The summed E-state index contributed by atoms with van der Waals surface area (Å²) in [5, 5.41) is 17.7. The standard InChI is InChI=1S/C9H16O3/c1-3-4-5-6-8(10)7(2)9(11)12/h8,10H,2-6H2,1H3,(H,11,12). The molecular weight excluding hydrogens is 156 g/mol. The molecule has 0 heterocycles. The van der Waals surface area contributed by atoms with Gasteiger partial charge in [-0.25, -0.2) is 4.79 Å². The number of hydrogen-bond acceptors (Lipinski definition) is 2. The van der Waals surface area contributed by atoms with Crippen molar-refractivity contribution in [3.8, 4) is 0 Å². The molecule has 0 bridgehead atoms. The molecule has 0 saturated heterocycles. The van der Waals surface area contributed by atoms with Crippen LogP contribution in [-0.2, 0) is 4.79 Å². The normalized spacial score (nSPS) is 12.5. The van der Waals surface area contributed by atoms with Gasteiger partial charge in [-0.1, -0.05) is 32.8 Å². The van der Waals surface area contributed by atoms with Crippen LogP contribution in [0.4, 0.5) is 0 Å². The molecule has 0 aliphatic carbocycles. The van der Waals surface area contributed by atoms with Crippen LogP contribution in [0.3, 0.4) is 0 Å². The van der Waals surface area contributed by atoms with Crippen molar-refractivity contribution in [2.75, 3.05) is 0 Å². The largest absolute Gasteiger partial charge is 0.478 e. The van der Waals surface area contributed by atoms with Gasteiger partial charge in [0.15, 0.2) is 0 Å². The topological polar surface area (TPSA) is 57.5 Å². The maximum absolute atomic E-state index is 10.3. The molecule has 1 atom stereocenters. The maximum Gasteiger partial charge on any atom is 0.333 e. The van der Waals surface area contributed by atoms with E-state index in [0.717, 1.165) is 19.3 Å². The molecule has 70 valence electrons. The predicted molar refractivity (Wildman–Crippen MR) is 46.9 cm³/mol. The minimum Gasteiger partial charge on any atom is -0.478 e. The lowest BCUT2D eigenvalue weighted by atomic mass is 10.1. The molecule has 0 saturated carbocycles. The maximum atomic E-state index is 10.3. The summed E-state index contributed by atoms with van der Waals surface area (Å²) in [5.74, 6) is -1.11. The van der Waals surface area contributed by atoms with Crippen LogP contribution in [0.15, 0.2) is 12.2 Å². The Balaban J connectivity index is 3.64. The van der Waals surface area contributed by atoms with Crippen molar-refractivity contribution < 1.29 is 15.0 Å². The third-order valence-electron chi connectivity index (χ3n) is 1.76. The van der Waals surface area contributed by atoms with Gasteiger partial charge in [0, 0.05) is 0 Å². The minimum atomic E-state index is -1.11. The second kappa shape index (κ2) is 5.77. The molecule has 2 N–H and O–H groups in total. The molecule has 0 radical (unpaired) electrons. The van der Waals surface area contributed by atoms with E-state index in [0.29, 0.717) is 6.42 Å². The zero-order chi connectivity index (χ0) is 9.56. The molecule has 0 fully saturated rings. The van der Waals surface area contributed by atoms with Crippen molar-refractivity contribution in [1.29, 1.82) is 0 Å². The van der Waals surface area contributed by atoms with Gasteiger partial charge >= 0.3 is 5.97 Å². The Morgan fingerprint density at radius 1 is 1.50 bits per heavy atom.